The molecule has 0 saturated carbocycles. The summed E-state index contributed by atoms with van der Waals surface area (Å²) in [5.74, 6) is 1.61. The van der Waals surface area contributed by atoms with Crippen LogP contribution in [0, 0.1) is 11.8 Å². The van der Waals surface area contributed by atoms with Crippen molar-refractivity contribution in [2.24, 2.45) is 11.8 Å². The highest BCUT2D eigenvalue weighted by atomic mass is 16.1. The van der Waals surface area contributed by atoms with E-state index in [1.54, 1.807) is 0 Å². The van der Waals surface area contributed by atoms with Gasteiger partial charge in [0.1, 0.15) is 5.78 Å². The number of rotatable bonds is 7. The number of carbonyl (C=O) groups is 1. The summed E-state index contributed by atoms with van der Waals surface area (Å²) in [4.78, 5) is 14.0. The van der Waals surface area contributed by atoms with Crippen LogP contribution < -0.4 is 0 Å². The Bertz CT molecular complexity index is 217. The number of Topliss-reactive ketones (excluding diaryl/α,β-unsaturated/α-hetero) is 1. The lowest BCUT2D eigenvalue weighted by molar-refractivity contribution is -0.122. The first-order chi connectivity index (χ1) is 8.13. The van der Waals surface area contributed by atoms with E-state index >= 15 is 0 Å². The van der Waals surface area contributed by atoms with E-state index in [9.17, 15) is 4.79 Å². The summed E-state index contributed by atoms with van der Waals surface area (Å²) >= 11 is 0. The number of hydrogen-bond donors (Lipinski definition) is 0. The fourth-order valence-electron chi connectivity index (χ4n) is 2.54. The van der Waals surface area contributed by atoms with Crippen LogP contribution in [-0.2, 0) is 4.79 Å². The molecule has 0 aromatic rings. The standard InChI is InChI=1S/C15H29NO/c1-4-14-8-11-16(12-9-14)10-6-5-7-15(17)13(2)3/h13-14H,4-12H2,1-3H3. The molecule has 0 aliphatic carbocycles. The molecule has 1 saturated heterocycles. The number of nitrogens with zero attached hydrogens (tertiary/aromatic N) is 1. The van der Waals surface area contributed by atoms with Crippen molar-refractivity contribution in [3.8, 4) is 0 Å². The minimum atomic E-state index is 0.218. The van der Waals surface area contributed by atoms with E-state index in [1.165, 1.54) is 45.3 Å². The van der Waals surface area contributed by atoms with Crippen molar-refractivity contribution in [1.29, 1.82) is 0 Å². The van der Waals surface area contributed by atoms with Gasteiger partial charge in [0.05, 0.1) is 0 Å². The topological polar surface area (TPSA) is 20.3 Å². The van der Waals surface area contributed by atoms with Crippen LogP contribution in [0.2, 0.25) is 0 Å². The first kappa shape index (κ1) is 14.7. The normalized spacial score (nSPS) is 18.8. The lowest BCUT2D eigenvalue weighted by atomic mass is 9.94. The quantitative estimate of drug-likeness (QED) is 0.634. The van der Waals surface area contributed by atoms with Crippen molar-refractivity contribution in [2.45, 2.75) is 59.3 Å². The molecule has 2 nitrogen and oxygen atoms in total. The van der Waals surface area contributed by atoms with Crippen LogP contribution in [0.4, 0.5) is 0 Å². The zero-order chi connectivity index (χ0) is 12.7. The zero-order valence-electron chi connectivity index (χ0n) is 11.9. The predicted octanol–water partition coefficient (Wildman–Crippen LogP) is 3.50. The van der Waals surface area contributed by atoms with Gasteiger partial charge in [-0.2, -0.15) is 0 Å². The Labute approximate surface area is 107 Å². The smallest absolute Gasteiger partial charge is 0.135 e. The van der Waals surface area contributed by atoms with E-state index in [2.05, 4.69) is 11.8 Å². The van der Waals surface area contributed by atoms with Gasteiger partial charge >= 0.3 is 0 Å². The van der Waals surface area contributed by atoms with Crippen LogP contribution in [0.1, 0.15) is 59.3 Å². The Balaban J connectivity index is 2.02. The molecule has 1 rings (SSSR count). The Kier molecular flexibility index (Phi) is 6.79. The Morgan fingerprint density at radius 3 is 2.41 bits per heavy atom. The van der Waals surface area contributed by atoms with Crippen molar-refractivity contribution < 1.29 is 4.79 Å². The molecule has 100 valence electrons. The average molecular weight is 239 g/mol. The maximum absolute atomic E-state index is 11.5. The van der Waals surface area contributed by atoms with E-state index in [-0.39, 0.29) is 5.92 Å². The van der Waals surface area contributed by atoms with E-state index in [0.717, 1.165) is 18.8 Å². The summed E-state index contributed by atoms with van der Waals surface area (Å²) in [6.07, 6.45) is 7.14. The van der Waals surface area contributed by atoms with Crippen molar-refractivity contribution in [2.75, 3.05) is 19.6 Å². The third-order valence-electron chi connectivity index (χ3n) is 4.08. The summed E-state index contributed by atoms with van der Waals surface area (Å²) in [6.45, 7) is 10.0. The summed E-state index contributed by atoms with van der Waals surface area (Å²) < 4.78 is 0. The molecular formula is C15H29NO. The predicted molar refractivity (Wildman–Crippen MR) is 73.2 cm³/mol. The molecule has 0 aromatic carbocycles. The fraction of sp³-hybridized carbons (Fsp3) is 0.933. The van der Waals surface area contributed by atoms with E-state index in [1.807, 2.05) is 13.8 Å². The van der Waals surface area contributed by atoms with Gasteiger partial charge in [-0.3, -0.25) is 4.79 Å². The van der Waals surface area contributed by atoms with Crippen molar-refractivity contribution >= 4 is 5.78 Å². The molecule has 0 N–H and O–H groups in total. The van der Waals surface area contributed by atoms with Gasteiger partial charge in [-0.05, 0) is 51.2 Å². The van der Waals surface area contributed by atoms with Gasteiger partial charge in [-0.1, -0.05) is 27.2 Å². The SMILES string of the molecule is CCC1CCN(CCCCC(=O)C(C)C)CC1. The summed E-state index contributed by atoms with van der Waals surface area (Å²) in [7, 11) is 0. The Morgan fingerprint density at radius 2 is 1.88 bits per heavy atom. The summed E-state index contributed by atoms with van der Waals surface area (Å²) in [5.41, 5.74) is 0. The number of hydrogen-bond acceptors (Lipinski definition) is 2. The van der Waals surface area contributed by atoms with Crippen LogP contribution in [0.15, 0.2) is 0 Å². The first-order valence-electron chi connectivity index (χ1n) is 7.38. The number of carbonyl (C=O) groups excluding carboxylic acids is 1. The number of ketones is 1. The minimum absolute atomic E-state index is 0.218. The molecule has 1 aliphatic heterocycles. The van der Waals surface area contributed by atoms with Gasteiger partial charge in [0.25, 0.3) is 0 Å². The molecule has 0 spiro atoms. The highest BCUT2D eigenvalue weighted by Crippen LogP contribution is 2.20. The fourth-order valence-corrected chi connectivity index (χ4v) is 2.54. The highest BCUT2D eigenvalue weighted by Gasteiger charge is 2.17. The van der Waals surface area contributed by atoms with Gasteiger partial charge in [0, 0.05) is 12.3 Å². The number of piperidine rings is 1. The Hall–Kier alpha value is -0.370. The van der Waals surface area contributed by atoms with Gasteiger partial charge in [-0.15, -0.1) is 0 Å². The molecule has 1 aliphatic rings. The third kappa shape index (κ3) is 5.67. The number of unbranched alkanes of at least 4 members (excludes halogenated alkanes) is 1. The molecule has 0 amide bonds. The van der Waals surface area contributed by atoms with Gasteiger partial charge in [0.2, 0.25) is 0 Å². The third-order valence-corrected chi connectivity index (χ3v) is 4.08. The van der Waals surface area contributed by atoms with Crippen LogP contribution >= 0.6 is 0 Å². The molecule has 0 radical (unpaired) electrons. The first-order valence-corrected chi connectivity index (χ1v) is 7.38. The van der Waals surface area contributed by atoms with Crippen LogP contribution in [-0.4, -0.2) is 30.3 Å². The lowest BCUT2D eigenvalue weighted by Gasteiger charge is -2.31. The minimum Gasteiger partial charge on any atom is -0.303 e. The van der Waals surface area contributed by atoms with Crippen molar-refractivity contribution in [3.63, 3.8) is 0 Å². The van der Waals surface area contributed by atoms with Gasteiger partial charge < -0.3 is 4.90 Å². The second-order valence-corrected chi connectivity index (χ2v) is 5.77. The Morgan fingerprint density at radius 1 is 1.24 bits per heavy atom. The largest absolute Gasteiger partial charge is 0.303 e. The average Bonchev–Trinajstić information content (AvgIpc) is 2.35. The molecular weight excluding hydrogens is 210 g/mol. The summed E-state index contributed by atoms with van der Waals surface area (Å²) in [5, 5.41) is 0. The second kappa shape index (κ2) is 7.86. The zero-order valence-corrected chi connectivity index (χ0v) is 11.9. The monoisotopic (exact) mass is 239 g/mol. The molecule has 0 unspecified atom stereocenters. The molecule has 0 bridgehead atoms. The molecule has 2 heteroatoms. The van der Waals surface area contributed by atoms with E-state index in [4.69, 9.17) is 0 Å². The van der Waals surface area contributed by atoms with Crippen molar-refractivity contribution in [1.82, 2.24) is 4.90 Å². The van der Waals surface area contributed by atoms with Crippen LogP contribution in [0.5, 0.6) is 0 Å². The summed E-state index contributed by atoms with van der Waals surface area (Å²) in [6, 6.07) is 0. The molecule has 1 fully saturated rings. The van der Waals surface area contributed by atoms with Crippen LogP contribution in [0.3, 0.4) is 0 Å². The molecule has 0 aromatic heterocycles. The van der Waals surface area contributed by atoms with Gasteiger partial charge in [-0.25, -0.2) is 0 Å². The van der Waals surface area contributed by atoms with E-state index < -0.39 is 0 Å². The second-order valence-electron chi connectivity index (χ2n) is 5.77. The van der Waals surface area contributed by atoms with E-state index in [0.29, 0.717) is 5.78 Å². The highest BCUT2D eigenvalue weighted by molar-refractivity contribution is 5.80. The molecule has 0 atom stereocenters. The maximum atomic E-state index is 11.5. The van der Waals surface area contributed by atoms with Crippen molar-refractivity contribution in [3.05, 3.63) is 0 Å². The lowest BCUT2D eigenvalue weighted by Crippen LogP contribution is -2.34. The number of likely N-dealkylation sites (tertiary alicyclic amines) is 1. The van der Waals surface area contributed by atoms with Crippen LogP contribution in [0.25, 0.3) is 0 Å². The molecule has 1 heterocycles. The molecule has 17 heavy (non-hydrogen) atoms. The van der Waals surface area contributed by atoms with Gasteiger partial charge in [0.15, 0.2) is 0 Å². The maximum Gasteiger partial charge on any atom is 0.135 e.